The van der Waals surface area contributed by atoms with Crippen molar-refractivity contribution in [3.8, 4) is 0 Å². The first-order valence-electron chi connectivity index (χ1n) is 9.13. The first kappa shape index (κ1) is 18.2. The van der Waals surface area contributed by atoms with Crippen LogP contribution < -0.4 is 9.80 Å². The third-order valence-electron chi connectivity index (χ3n) is 5.05. The molecule has 1 atom stereocenters. The van der Waals surface area contributed by atoms with E-state index in [0.29, 0.717) is 50.6 Å². The zero-order valence-corrected chi connectivity index (χ0v) is 15.5. The van der Waals surface area contributed by atoms with Gasteiger partial charge in [-0.2, -0.15) is 0 Å². The number of cyclic esters (lactones) is 1. The molecular weight excluding hydrogens is 367 g/mol. The van der Waals surface area contributed by atoms with Crippen LogP contribution in [0, 0.1) is 5.82 Å². The summed E-state index contributed by atoms with van der Waals surface area (Å²) in [4.78, 5) is 28.7. The highest BCUT2D eigenvalue weighted by atomic mass is 19.1. The van der Waals surface area contributed by atoms with E-state index >= 15 is 0 Å². The number of halogens is 1. The minimum Gasteiger partial charge on any atom is -0.442 e. The predicted octanol–water partition coefficient (Wildman–Crippen LogP) is 1.11. The molecule has 28 heavy (non-hydrogen) atoms. The quantitative estimate of drug-likeness (QED) is 0.780. The van der Waals surface area contributed by atoms with Crippen LogP contribution in [-0.2, 0) is 16.1 Å². The largest absolute Gasteiger partial charge is 0.442 e. The number of hydrogen-bond donors (Lipinski definition) is 0. The molecule has 2 aliphatic rings. The molecule has 0 aliphatic carbocycles. The summed E-state index contributed by atoms with van der Waals surface area (Å²) in [6.07, 6.45) is 2.36. The lowest BCUT2D eigenvalue weighted by Crippen LogP contribution is -2.48. The van der Waals surface area contributed by atoms with Gasteiger partial charge in [0.1, 0.15) is 11.9 Å². The molecule has 0 saturated carbocycles. The van der Waals surface area contributed by atoms with E-state index in [9.17, 15) is 14.0 Å². The van der Waals surface area contributed by atoms with Gasteiger partial charge in [0.2, 0.25) is 5.91 Å². The summed E-state index contributed by atoms with van der Waals surface area (Å²) in [5.41, 5.74) is 0.924. The lowest BCUT2D eigenvalue weighted by atomic mass is 10.2. The first-order chi connectivity index (χ1) is 13.5. The number of carbonyl (C=O) groups excluding carboxylic acids is 2. The number of carbonyl (C=O) groups is 2. The van der Waals surface area contributed by atoms with E-state index in [1.165, 1.54) is 17.9 Å². The Morgan fingerprint density at radius 3 is 2.71 bits per heavy atom. The average Bonchev–Trinajstić information content (AvgIpc) is 3.31. The molecule has 0 radical (unpaired) electrons. The van der Waals surface area contributed by atoms with Gasteiger partial charge in [0.05, 0.1) is 30.7 Å². The van der Waals surface area contributed by atoms with Crippen LogP contribution in [0.2, 0.25) is 0 Å². The van der Waals surface area contributed by atoms with Crippen LogP contribution in [-0.4, -0.2) is 70.7 Å². The first-order valence-corrected chi connectivity index (χ1v) is 9.13. The zero-order valence-electron chi connectivity index (χ0n) is 15.5. The molecule has 2 amide bonds. The molecule has 2 aromatic rings. The SMILES string of the molecule is CC(=O)N1CCN(c2ccc(N3C[C@H](Cn4ccnn4)OC3=O)cc2F)CC1. The van der Waals surface area contributed by atoms with Gasteiger partial charge in [-0.15, -0.1) is 5.10 Å². The van der Waals surface area contributed by atoms with Gasteiger partial charge in [0.25, 0.3) is 0 Å². The Morgan fingerprint density at radius 1 is 1.29 bits per heavy atom. The van der Waals surface area contributed by atoms with Crippen molar-refractivity contribution in [2.24, 2.45) is 0 Å². The van der Waals surface area contributed by atoms with E-state index in [-0.39, 0.29) is 12.0 Å². The van der Waals surface area contributed by atoms with Crippen molar-refractivity contribution in [2.45, 2.75) is 19.6 Å². The second kappa shape index (κ2) is 7.45. The molecular formula is C18H21FN6O3. The number of hydrogen-bond acceptors (Lipinski definition) is 6. The van der Waals surface area contributed by atoms with Gasteiger partial charge in [-0.3, -0.25) is 9.69 Å². The Balaban J connectivity index is 1.43. The maximum Gasteiger partial charge on any atom is 0.414 e. The van der Waals surface area contributed by atoms with Crippen molar-refractivity contribution in [3.63, 3.8) is 0 Å². The molecule has 3 heterocycles. The normalized spacial score (nSPS) is 19.9. The predicted molar refractivity (Wildman–Crippen MR) is 98.5 cm³/mol. The van der Waals surface area contributed by atoms with E-state index < -0.39 is 11.9 Å². The van der Waals surface area contributed by atoms with E-state index in [0.717, 1.165) is 0 Å². The van der Waals surface area contributed by atoms with E-state index in [4.69, 9.17) is 4.74 Å². The summed E-state index contributed by atoms with van der Waals surface area (Å²) in [7, 11) is 0. The molecule has 148 valence electrons. The number of anilines is 2. The lowest BCUT2D eigenvalue weighted by Gasteiger charge is -2.35. The number of rotatable bonds is 4. The van der Waals surface area contributed by atoms with Crippen molar-refractivity contribution in [1.82, 2.24) is 19.9 Å². The Labute approximate surface area is 161 Å². The lowest BCUT2D eigenvalue weighted by molar-refractivity contribution is -0.129. The Kier molecular flexibility index (Phi) is 4.84. The monoisotopic (exact) mass is 388 g/mol. The summed E-state index contributed by atoms with van der Waals surface area (Å²) in [5.74, 6) is -0.371. The van der Waals surface area contributed by atoms with Crippen LogP contribution in [0.15, 0.2) is 30.6 Å². The van der Waals surface area contributed by atoms with Crippen LogP contribution in [0.3, 0.4) is 0 Å². The summed E-state index contributed by atoms with van der Waals surface area (Å²) < 4.78 is 21.7. The van der Waals surface area contributed by atoms with Crippen molar-refractivity contribution >= 4 is 23.4 Å². The van der Waals surface area contributed by atoms with E-state index in [1.54, 1.807) is 34.1 Å². The van der Waals surface area contributed by atoms with Crippen LogP contribution >= 0.6 is 0 Å². The van der Waals surface area contributed by atoms with Gasteiger partial charge in [-0.1, -0.05) is 5.21 Å². The average molecular weight is 388 g/mol. The number of nitrogens with zero attached hydrogens (tertiary/aromatic N) is 6. The second-order valence-electron chi connectivity index (χ2n) is 6.87. The Morgan fingerprint density at radius 2 is 2.07 bits per heavy atom. The molecule has 1 aromatic heterocycles. The summed E-state index contributed by atoms with van der Waals surface area (Å²) >= 11 is 0. The fourth-order valence-corrected chi connectivity index (χ4v) is 3.55. The molecule has 2 saturated heterocycles. The highest BCUT2D eigenvalue weighted by molar-refractivity contribution is 5.90. The molecule has 2 aliphatic heterocycles. The number of aromatic nitrogens is 3. The topological polar surface area (TPSA) is 83.8 Å². The van der Waals surface area contributed by atoms with E-state index in [2.05, 4.69) is 10.3 Å². The summed E-state index contributed by atoms with van der Waals surface area (Å²) in [6, 6.07) is 4.74. The van der Waals surface area contributed by atoms with Gasteiger partial charge < -0.3 is 14.5 Å². The van der Waals surface area contributed by atoms with Crippen LogP contribution in [0.1, 0.15) is 6.92 Å². The van der Waals surface area contributed by atoms with Crippen molar-refractivity contribution < 1.29 is 18.7 Å². The third-order valence-corrected chi connectivity index (χ3v) is 5.05. The van der Waals surface area contributed by atoms with Crippen LogP contribution in [0.25, 0.3) is 0 Å². The van der Waals surface area contributed by atoms with E-state index in [1.807, 2.05) is 4.90 Å². The molecule has 4 rings (SSSR count). The maximum absolute atomic E-state index is 14.7. The van der Waals surface area contributed by atoms with Gasteiger partial charge in [-0.05, 0) is 18.2 Å². The van der Waals surface area contributed by atoms with Crippen LogP contribution in [0.5, 0.6) is 0 Å². The van der Waals surface area contributed by atoms with Crippen molar-refractivity contribution in [1.29, 1.82) is 0 Å². The molecule has 0 spiro atoms. The van der Waals surface area contributed by atoms with Gasteiger partial charge in [-0.25, -0.2) is 13.9 Å². The third kappa shape index (κ3) is 3.62. The standard InChI is InChI=1S/C18H21FN6O3/c1-13(26)22-6-8-23(9-7-22)17-3-2-14(10-16(17)19)25-12-15(28-18(25)27)11-24-5-4-20-21-24/h2-5,10,15H,6-9,11-12H2,1H3/t15-/m0/s1. The van der Waals surface area contributed by atoms with Crippen LogP contribution in [0.4, 0.5) is 20.6 Å². The molecule has 9 nitrogen and oxygen atoms in total. The Hall–Kier alpha value is -3.17. The minimum absolute atomic E-state index is 0.0310. The molecule has 0 N–H and O–H groups in total. The number of amides is 2. The Bertz CT molecular complexity index is 866. The molecule has 0 bridgehead atoms. The van der Waals surface area contributed by atoms with Crippen molar-refractivity contribution in [3.05, 3.63) is 36.4 Å². The van der Waals surface area contributed by atoms with Gasteiger partial charge in [0, 0.05) is 39.3 Å². The zero-order chi connectivity index (χ0) is 19.7. The van der Waals surface area contributed by atoms with Crippen molar-refractivity contribution in [2.75, 3.05) is 42.5 Å². The van der Waals surface area contributed by atoms with Gasteiger partial charge in [0.15, 0.2) is 0 Å². The maximum atomic E-state index is 14.7. The van der Waals surface area contributed by atoms with Gasteiger partial charge >= 0.3 is 6.09 Å². The number of benzene rings is 1. The molecule has 10 heteroatoms. The minimum atomic E-state index is -0.507. The molecule has 1 aromatic carbocycles. The number of piperazine rings is 1. The highest BCUT2D eigenvalue weighted by Crippen LogP contribution is 2.28. The smallest absolute Gasteiger partial charge is 0.414 e. The summed E-state index contributed by atoms with van der Waals surface area (Å²) in [5, 5.41) is 7.59. The number of ether oxygens (including phenoxy) is 1. The molecule has 0 unspecified atom stereocenters. The second-order valence-corrected chi connectivity index (χ2v) is 6.87. The fraction of sp³-hybridized carbons (Fsp3) is 0.444. The highest BCUT2D eigenvalue weighted by Gasteiger charge is 2.33. The fourth-order valence-electron chi connectivity index (χ4n) is 3.55. The summed E-state index contributed by atoms with van der Waals surface area (Å²) in [6.45, 7) is 4.52. The molecule has 2 fully saturated rings.